The first-order chi connectivity index (χ1) is 9.09. The predicted molar refractivity (Wildman–Crippen MR) is 76.4 cm³/mol. The lowest BCUT2D eigenvalue weighted by Crippen LogP contribution is -2.41. The fourth-order valence-electron chi connectivity index (χ4n) is 1.75. The Labute approximate surface area is 119 Å². The summed E-state index contributed by atoms with van der Waals surface area (Å²) in [6.45, 7) is 6.93. The maximum Gasteiger partial charge on any atom is 0.158 e. The molecule has 1 heterocycles. The van der Waals surface area contributed by atoms with Crippen LogP contribution in [0.1, 0.15) is 39.4 Å². The molecule has 6 heteroatoms. The zero-order chi connectivity index (χ0) is 14.3. The average Bonchev–Trinajstić information content (AvgIpc) is 2.42. The van der Waals surface area contributed by atoms with Crippen molar-refractivity contribution in [2.45, 2.75) is 45.8 Å². The molecule has 0 fully saturated rings. The van der Waals surface area contributed by atoms with Crippen LogP contribution in [0, 0.1) is 0 Å². The molecule has 0 unspecified atom stereocenters. The van der Waals surface area contributed by atoms with E-state index in [1.54, 1.807) is 6.07 Å². The van der Waals surface area contributed by atoms with Crippen LogP contribution >= 0.6 is 11.6 Å². The van der Waals surface area contributed by atoms with Crippen LogP contribution in [0.4, 0.5) is 5.82 Å². The van der Waals surface area contributed by atoms with Gasteiger partial charge in [-0.1, -0.05) is 25.4 Å². The van der Waals surface area contributed by atoms with Crippen molar-refractivity contribution in [2.75, 3.05) is 18.5 Å². The lowest BCUT2D eigenvalue weighted by Gasteiger charge is -2.31. The molecule has 0 bridgehead atoms. The Kier molecular flexibility index (Phi) is 6.48. The van der Waals surface area contributed by atoms with Gasteiger partial charge >= 0.3 is 0 Å². The monoisotopic (exact) mass is 287 g/mol. The zero-order valence-electron chi connectivity index (χ0n) is 11.7. The Balaban J connectivity index is 2.90. The van der Waals surface area contributed by atoms with Crippen molar-refractivity contribution in [3.05, 3.63) is 17.0 Å². The molecule has 1 aromatic rings. The number of nitrogens with zero attached hydrogens (tertiary/aromatic N) is 2. The first kappa shape index (κ1) is 16.1. The highest BCUT2D eigenvalue weighted by Gasteiger charge is 2.25. The van der Waals surface area contributed by atoms with Crippen LogP contribution in [0.15, 0.2) is 6.07 Å². The van der Waals surface area contributed by atoms with Gasteiger partial charge in [0.1, 0.15) is 17.6 Å². The maximum atomic E-state index is 9.55. The summed E-state index contributed by atoms with van der Waals surface area (Å²) < 4.78 is 5.28. The Morgan fingerprint density at radius 2 is 2.00 bits per heavy atom. The largest absolute Gasteiger partial charge is 0.394 e. The number of hydrogen-bond donors (Lipinski definition) is 2. The van der Waals surface area contributed by atoms with Gasteiger partial charge in [0.15, 0.2) is 5.82 Å². The summed E-state index contributed by atoms with van der Waals surface area (Å²) in [5, 5.41) is 13.2. The molecule has 0 aromatic carbocycles. The molecule has 108 valence electrons. The Hall–Kier alpha value is -0.910. The molecule has 0 aliphatic rings. The topological polar surface area (TPSA) is 67.3 Å². The van der Waals surface area contributed by atoms with Crippen molar-refractivity contribution >= 4 is 17.4 Å². The second-order valence-electron chi connectivity index (χ2n) is 4.40. The van der Waals surface area contributed by atoms with E-state index >= 15 is 0 Å². The van der Waals surface area contributed by atoms with E-state index in [2.05, 4.69) is 15.3 Å². The van der Waals surface area contributed by atoms with Crippen molar-refractivity contribution in [1.82, 2.24) is 9.97 Å². The van der Waals surface area contributed by atoms with Gasteiger partial charge in [0.05, 0.1) is 12.1 Å². The normalized spacial score (nSPS) is 11.6. The number of ether oxygens (including phenoxy) is 1. The third-order valence-corrected chi connectivity index (χ3v) is 3.42. The minimum absolute atomic E-state index is 0.0441. The second kappa shape index (κ2) is 7.62. The number of rotatable bonds is 8. The van der Waals surface area contributed by atoms with Gasteiger partial charge in [-0.2, -0.15) is 0 Å². The van der Waals surface area contributed by atoms with Gasteiger partial charge < -0.3 is 15.2 Å². The fraction of sp³-hybridized carbons (Fsp3) is 0.692. The number of halogens is 1. The second-order valence-corrected chi connectivity index (χ2v) is 4.79. The van der Waals surface area contributed by atoms with Crippen molar-refractivity contribution in [3.8, 4) is 0 Å². The first-order valence-corrected chi connectivity index (χ1v) is 6.97. The van der Waals surface area contributed by atoms with Gasteiger partial charge in [0.2, 0.25) is 0 Å². The highest BCUT2D eigenvalue weighted by Crippen LogP contribution is 2.22. The molecule has 0 spiro atoms. The minimum atomic E-state index is -0.374. The fourth-order valence-corrected chi connectivity index (χ4v) is 1.95. The van der Waals surface area contributed by atoms with Crippen LogP contribution < -0.4 is 5.32 Å². The van der Waals surface area contributed by atoms with Crippen LogP contribution in [0.5, 0.6) is 0 Å². The summed E-state index contributed by atoms with van der Waals surface area (Å²) in [4.78, 5) is 8.46. The molecule has 0 atom stereocenters. The number of aliphatic hydroxyl groups is 1. The summed E-state index contributed by atoms with van der Waals surface area (Å²) in [5.41, 5.74) is -0.374. The SMILES string of the molecule is CCOCc1nc(Cl)cc(NC(CC)(CC)CO)n1. The third-order valence-electron chi connectivity index (χ3n) is 3.23. The van der Waals surface area contributed by atoms with E-state index in [1.165, 1.54) is 0 Å². The van der Waals surface area contributed by atoms with Crippen molar-refractivity contribution in [1.29, 1.82) is 0 Å². The lowest BCUT2D eigenvalue weighted by molar-refractivity contribution is 0.128. The van der Waals surface area contributed by atoms with E-state index < -0.39 is 0 Å². The predicted octanol–water partition coefficient (Wildman–Crippen LogP) is 2.63. The molecule has 5 nitrogen and oxygen atoms in total. The Morgan fingerprint density at radius 3 is 2.53 bits per heavy atom. The van der Waals surface area contributed by atoms with E-state index in [4.69, 9.17) is 16.3 Å². The lowest BCUT2D eigenvalue weighted by atomic mass is 9.94. The van der Waals surface area contributed by atoms with Crippen LogP contribution in [-0.2, 0) is 11.3 Å². The highest BCUT2D eigenvalue weighted by atomic mass is 35.5. The molecule has 19 heavy (non-hydrogen) atoms. The van der Waals surface area contributed by atoms with E-state index in [0.717, 1.165) is 12.8 Å². The molecule has 0 saturated carbocycles. The third kappa shape index (κ3) is 4.60. The van der Waals surface area contributed by atoms with Gasteiger partial charge in [-0.25, -0.2) is 9.97 Å². The molecule has 1 aromatic heterocycles. The number of nitrogens with one attached hydrogen (secondary N) is 1. The summed E-state index contributed by atoms with van der Waals surface area (Å²) in [6.07, 6.45) is 1.59. The number of anilines is 1. The average molecular weight is 288 g/mol. The van der Waals surface area contributed by atoms with Gasteiger partial charge in [-0.3, -0.25) is 0 Å². The van der Waals surface area contributed by atoms with Crippen LogP contribution in [0.25, 0.3) is 0 Å². The zero-order valence-corrected chi connectivity index (χ0v) is 12.5. The number of aliphatic hydroxyl groups excluding tert-OH is 1. The molecule has 1 rings (SSSR count). The molecule has 0 radical (unpaired) electrons. The van der Waals surface area contributed by atoms with E-state index in [9.17, 15) is 5.11 Å². The molecule has 0 saturated heterocycles. The molecular weight excluding hydrogens is 266 g/mol. The number of aromatic nitrogens is 2. The van der Waals surface area contributed by atoms with Gasteiger partial charge in [0, 0.05) is 12.7 Å². The summed E-state index contributed by atoms with van der Waals surface area (Å²) >= 11 is 5.98. The summed E-state index contributed by atoms with van der Waals surface area (Å²) in [7, 11) is 0. The highest BCUT2D eigenvalue weighted by molar-refractivity contribution is 6.29. The maximum absolute atomic E-state index is 9.55. The molecule has 2 N–H and O–H groups in total. The van der Waals surface area contributed by atoms with Gasteiger partial charge in [-0.15, -0.1) is 0 Å². The van der Waals surface area contributed by atoms with E-state index in [0.29, 0.717) is 30.0 Å². The molecular formula is C13H22ClN3O2. The molecule has 0 amide bonds. The van der Waals surface area contributed by atoms with Crippen LogP contribution in [0.3, 0.4) is 0 Å². The standard InChI is InChI=1S/C13H22ClN3O2/c1-4-13(5-2,9-18)17-11-7-10(14)15-12(16-11)8-19-6-3/h7,18H,4-6,8-9H2,1-3H3,(H,15,16,17). The Bertz CT molecular complexity index is 389. The number of hydrogen-bond acceptors (Lipinski definition) is 5. The van der Waals surface area contributed by atoms with Crippen molar-refractivity contribution < 1.29 is 9.84 Å². The smallest absolute Gasteiger partial charge is 0.158 e. The summed E-state index contributed by atoms with van der Waals surface area (Å²) in [5.74, 6) is 1.16. The summed E-state index contributed by atoms with van der Waals surface area (Å²) in [6, 6.07) is 1.66. The quantitative estimate of drug-likeness (QED) is 0.720. The van der Waals surface area contributed by atoms with Crippen molar-refractivity contribution in [2.24, 2.45) is 0 Å². The first-order valence-electron chi connectivity index (χ1n) is 6.59. The van der Waals surface area contributed by atoms with Crippen LogP contribution in [-0.4, -0.2) is 33.8 Å². The van der Waals surface area contributed by atoms with E-state index in [-0.39, 0.29) is 12.1 Å². The minimum Gasteiger partial charge on any atom is -0.394 e. The van der Waals surface area contributed by atoms with Gasteiger partial charge in [0.25, 0.3) is 0 Å². The Morgan fingerprint density at radius 1 is 1.32 bits per heavy atom. The molecule has 0 aliphatic heterocycles. The molecule has 0 aliphatic carbocycles. The van der Waals surface area contributed by atoms with Crippen LogP contribution in [0.2, 0.25) is 5.15 Å². The van der Waals surface area contributed by atoms with E-state index in [1.807, 2.05) is 20.8 Å². The van der Waals surface area contributed by atoms with Gasteiger partial charge in [-0.05, 0) is 19.8 Å². The van der Waals surface area contributed by atoms with Crippen molar-refractivity contribution in [3.63, 3.8) is 0 Å².